The number of hydrogen-bond donors (Lipinski definition) is 2. The molecule has 7 nitrogen and oxygen atoms in total. The number of nitrogens with one attached hydrogen (secondary N) is 2. The smallest absolute Gasteiger partial charge is 0.306 e. The van der Waals surface area contributed by atoms with Crippen molar-refractivity contribution in [2.75, 3.05) is 13.2 Å². The van der Waals surface area contributed by atoms with E-state index in [0.717, 1.165) is 11.1 Å². The van der Waals surface area contributed by atoms with Crippen molar-refractivity contribution in [3.05, 3.63) is 68.1 Å². The van der Waals surface area contributed by atoms with Crippen molar-refractivity contribution in [2.45, 2.75) is 52.9 Å². The molecule has 1 amide bonds. The SMILES string of the molecule is Cc1[nH]c(=O)c(C#N)c(C)c1CCC(=O)OCC(=O)NCCc1ccc(C(C)C)cc1. The fourth-order valence-electron chi connectivity index (χ4n) is 3.33. The molecule has 2 N–H and O–H groups in total. The average molecular weight is 424 g/mol. The average Bonchev–Trinajstić information content (AvgIpc) is 2.72. The molecule has 1 aromatic carbocycles. The summed E-state index contributed by atoms with van der Waals surface area (Å²) < 4.78 is 5.04. The number of rotatable bonds is 9. The highest BCUT2D eigenvalue weighted by Gasteiger charge is 2.14. The van der Waals surface area contributed by atoms with E-state index in [9.17, 15) is 14.4 Å². The van der Waals surface area contributed by atoms with Crippen LogP contribution in [0.25, 0.3) is 0 Å². The molecule has 0 atom stereocenters. The summed E-state index contributed by atoms with van der Waals surface area (Å²) in [6.07, 6.45) is 1.06. The van der Waals surface area contributed by atoms with Gasteiger partial charge in [0.15, 0.2) is 6.61 Å². The standard InChI is InChI=1S/C24H29N3O4/c1-15(2)19-7-5-18(6-8-19)11-12-26-22(28)14-31-23(29)10-9-20-16(3)21(13-25)24(30)27-17(20)4/h5-8,15H,9-12,14H2,1-4H3,(H,26,28)(H,27,30). The Kier molecular flexibility index (Phi) is 8.56. The van der Waals surface area contributed by atoms with Crippen molar-refractivity contribution < 1.29 is 14.3 Å². The van der Waals surface area contributed by atoms with Crippen LogP contribution in [0.15, 0.2) is 29.1 Å². The number of nitriles is 1. The van der Waals surface area contributed by atoms with Gasteiger partial charge in [-0.05, 0) is 54.9 Å². The van der Waals surface area contributed by atoms with Crippen LogP contribution in [0.1, 0.15) is 59.7 Å². The maximum atomic E-state index is 12.0. The molecule has 0 saturated heterocycles. The Morgan fingerprint density at radius 2 is 1.84 bits per heavy atom. The molecule has 2 rings (SSSR count). The van der Waals surface area contributed by atoms with Crippen molar-refractivity contribution in [3.8, 4) is 6.07 Å². The number of H-pyrrole nitrogens is 1. The number of amides is 1. The first kappa shape index (κ1) is 23.9. The van der Waals surface area contributed by atoms with Gasteiger partial charge in [0.25, 0.3) is 11.5 Å². The Morgan fingerprint density at radius 3 is 2.45 bits per heavy atom. The fraction of sp³-hybridized carbons (Fsp3) is 0.417. The predicted octanol–water partition coefficient (Wildman–Crippen LogP) is 2.82. The van der Waals surface area contributed by atoms with E-state index in [1.807, 2.05) is 6.07 Å². The highest BCUT2D eigenvalue weighted by molar-refractivity contribution is 5.80. The molecule has 1 aromatic heterocycles. The summed E-state index contributed by atoms with van der Waals surface area (Å²) in [5.41, 5.74) is 3.94. The van der Waals surface area contributed by atoms with E-state index in [1.165, 1.54) is 5.56 Å². The van der Waals surface area contributed by atoms with Crippen LogP contribution < -0.4 is 10.9 Å². The Balaban J connectivity index is 1.74. The van der Waals surface area contributed by atoms with Gasteiger partial charge in [0.1, 0.15) is 11.6 Å². The molecule has 164 valence electrons. The summed E-state index contributed by atoms with van der Waals surface area (Å²) in [7, 11) is 0. The van der Waals surface area contributed by atoms with Crippen molar-refractivity contribution in [1.29, 1.82) is 5.26 Å². The van der Waals surface area contributed by atoms with E-state index in [1.54, 1.807) is 13.8 Å². The van der Waals surface area contributed by atoms with Gasteiger partial charge in [-0.1, -0.05) is 38.1 Å². The van der Waals surface area contributed by atoms with Gasteiger partial charge in [0.2, 0.25) is 0 Å². The molecule has 0 spiro atoms. The van der Waals surface area contributed by atoms with Gasteiger partial charge in [-0.25, -0.2) is 0 Å². The summed E-state index contributed by atoms with van der Waals surface area (Å²) in [6.45, 7) is 7.82. The number of pyridine rings is 1. The molecule has 0 radical (unpaired) electrons. The number of aromatic amines is 1. The topological polar surface area (TPSA) is 112 Å². The molecule has 0 saturated carbocycles. The lowest BCUT2D eigenvalue weighted by Gasteiger charge is -2.11. The minimum absolute atomic E-state index is 0.0483. The quantitative estimate of drug-likeness (QED) is 0.602. The largest absolute Gasteiger partial charge is 0.456 e. The lowest BCUT2D eigenvalue weighted by atomic mass is 9.99. The fourth-order valence-corrected chi connectivity index (χ4v) is 3.33. The Bertz CT molecular complexity index is 1030. The van der Waals surface area contributed by atoms with E-state index >= 15 is 0 Å². The number of aryl methyl sites for hydroxylation is 1. The molecule has 0 aliphatic carbocycles. The molecule has 0 aliphatic rings. The van der Waals surface area contributed by atoms with Crippen LogP contribution in [-0.2, 0) is 27.2 Å². The van der Waals surface area contributed by atoms with Crippen molar-refractivity contribution in [2.24, 2.45) is 0 Å². The Labute approximate surface area is 182 Å². The predicted molar refractivity (Wildman–Crippen MR) is 118 cm³/mol. The van der Waals surface area contributed by atoms with E-state index in [4.69, 9.17) is 10.00 Å². The maximum absolute atomic E-state index is 12.0. The molecule has 7 heteroatoms. The minimum atomic E-state index is -0.511. The van der Waals surface area contributed by atoms with Crippen LogP contribution in [0.5, 0.6) is 0 Å². The third-order valence-corrected chi connectivity index (χ3v) is 5.25. The van der Waals surface area contributed by atoms with Gasteiger partial charge in [-0.15, -0.1) is 0 Å². The number of hydrogen-bond acceptors (Lipinski definition) is 5. The van der Waals surface area contributed by atoms with E-state index in [-0.39, 0.29) is 24.5 Å². The molecule has 1 heterocycles. The first-order valence-electron chi connectivity index (χ1n) is 10.4. The maximum Gasteiger partial charge on any atom is 0.306 e. The van der Waals surface area contributed by atoms with Gasteiger partial charge < -0.3 is 15.0 Å². The zero-order valence-electron chi connectivity index (χ0n) is 18.5. The van der Waals surface area contributed by atoms with Gasteiger partial charge >= 0.3 is 5.97 Å². The molecule has 0 bridgehead atoms. The van der Waals surface area contributed by atoms with Crippen molar-refractivity contribution in [3.63, 3.8) is 0 Å². The minimum Gasteiger partial charge on any atom is -0.456 e. The lowest BCUT2D eigenvalue weighted by molar-refractivity contribution is -0.148. The number of ether oxygens (including phenoxy) is 1. The normalized spacial score (nSPS) is 10.6. The van der Waals surface area contributed by atoms with E-state index < -0.39 is 11.5 Å². The second kappa shape index (κ2) is 11.1. The highest BCUT2D eigenvalue weighted by atomic mass is 16.5. The van der Waals surface area contributed by atoms with Crippen molar-refractivity contribution >= 4 is 11.9 Å². The summed E-state index contributed by atoms with van der Waals surface area (Å²) in [5, 5.41) is 11.9. The van der Waals surface area contributed by atoms with Crippen molar-refractivity contribution in [1.82, 2.24) is 10.3 Å². The molecular weight excluding hydrogens is 394 g/mol. The first-order chi connectivity index (χ1) is 14.7. The van der Waals surface area contributed by atoms with E-state index in [2.05, 4.69) is 48.4 Å². The monoisotopic (exact) mass is 423 g/mol. The molecular formula is C24H29N3O4. The van der Waals surface area contributed by atoms with Gasteiger partial charge in [-0.3, -0.25) is 14.4 Å². The molecule has 0 unspecified atom stereocenters. The summed E-state index contributed by atoms with van der Waals surface area (Å²) in [6, 6.07) is 10.2. The van der Waals surface area contributed by atoms with Crippen LogP contribution in [0.3, 0.4) is 0 Å². The van der Waals surface area contributed by atoms with Crippen LogP contribution in [0.4, 0.5) is 0 Å². The molecule has 0 fully saturated rings. The zero-order valence-corrected chi connectivity index (χ0v) is 18.5. The highest BCUT2D eigenvalue weighted by Crippen LogP contribution is 2.16. The van der Waals surface area contributed by atoms with Crippen LogP contribution in [0, 0.1) is 25.2 Å². The van der Waals surface area contributed by atoms with Crippen LogP contribution in [-0.4, -0.2) is 30.0 Å². The number of aromatic nitrogens is 1. The van der Waals surface area contributed by atoms with Gasteiger partial charge in [-0.2, -0.15) is 5.26 Å². The number of carbonyl (C=O) groups is 2. The number of nitrogens with zero attached hydrogens (tertiary/aromatic N) is 1. The lowest BCUT2D eigenvalue weighted by Crippen LogP contribution is -2.30. The Hall–Kier alpha value is -3.40. The first-order valence-corrected chi connectivity index (χ1v) is 10.4. The zero-order chi connectivity index (χ0) is 23.0. The number of carbonyl (C=O) groups excluding carboxylic acids is 2. The van der Waals surface area contributed by atoms with Gasteiger partial charge in [0.05, 0.1) is 0 Å². The Morgan fingerprint density at radius 1 is 1.16 bits per heavy atom. The summed E-state index contributed by atoms with van der Waals surface area (Å²) in [5.74, 6) is -0.382. The summed E-state index contributed by atoms with van der Waals surface area (Å²) in [4.78, 5) is 38.3. The third kappa shape index (κ3) is 6.82. The number of esters is 1. The third-order valence-electron chi connectivity index (χ3n) is 5.25. The molecule has 31 heavy (non-hydrogen) atoms. The van der Waals surface area contributed by atoms with Crippen LogP contribution >= 0.6 is 0 Å². The second-order valence-corrected chi connectivity index (χ2v) is 7.83. The molecule has 2 aromatic rings. The second-order valence-electron chi connectivity index (χ2n) is 7.83. The van der Waals surface area contributed by atoms with Crippen LogP contribution in [0.2, 0.25) is 0 Å². The number of benzene rings is 1. The van der Waals surface area contributed by atoms with Gasteiger partial charge in [0, 0.05) is 18.7 Å². The van der Waals surface area contributed by atoms with E-state index in [0.29, 0.717) is 36.6 Å². The molecule has 0 aliphatic heterocycles. The summed E-state index contributed by atoms with van der Waals surface area (Å²) >= 11 is 0.